The molecule has 0 saturated heterocycles. The Morgan fingerprint density at radius 1 is 0.867 bits per heavy atom. The van der Waals surface area contributed by atoms with E-state index in [-0.39, 0.29) is 0 Å². The molecule has 3 aromatic rings. The molecule has 0 aromatic heterocycles. The van der Waals surface area contributed by atoms with Crippen molar-refractivity contribution in [2.45, 2.75) is 18.8 Å². The van der Waals surface area contributed by atoms with E-state index in [9.17, 15) is 14.4 Å². The Morgan fingerprint density at radius 2 is 1.33 bits per heavy atom. The summed E-state index contributed by atoms with van der Waals surface area (Å²) in [6.07, 6.45) is -1.13. The smallest absolute Gasteiger partial charge is 0.339 e. The third-order valence-electron chi connectivity index (χ3n) is 4.80. The number of methoxy groups -OCH3 is 1. The largest absolute Gasteiger partial charge is 0.497 e. The summed E-state index contributed by atoms with van der Waals surface area (Å²) in [7, 11) is -2.61. The number of nitrogens with one attached hydrogen (secondary N) is 1. The molecule has 0 amide bonds. The summed E-state index contributed by atoms with van der Waals surface area (Å²) in [4.78, 5) is 18.5. The van der Waals surface area contributed by atoms with Gasteiger partial charge in [-0.2, -0.15) is 0 Å². The highest BCUT2D eigenvalue weighted by Gasteiger charge is 2.39. The van der Waals surface area contributed by atoms with E-state index >= 15 is 0 Å². The van der Waals surface area contributed by atoms with Crippen LogP contribution >= 0.6 is 7.60 Å². The zero-order valence-electron chi connectivity index (χ0n) is 16.9. The summed E-state index contributed by atoms with van der Waals surface area (Å²) in [5.74, 6) is 0.724. The topological polar surface area (TPSA) is 88.0 Å². The first-order chi connectivity index (χ1) is 14.3. The quantitative estimate of drug-likeness (QED) is 0.271. The molecule has 6 nitrogen and oxygen atoms in total. The van der Waals surface area contributed by atoms with Gasteiger partial charge in [-0.05, 0) is 35.7 Å². The highest BCUT2D eigenvalue weighted by molar-refractivity contribution is 7.51. The molecule has 0 spiro atoms. The molecule has 0 fully saturated rings. The average molecular weight is 427 g/mol. The van der Waals surface area contributed by atoms with Crippen LogP contribution in [0.4, 0.5) is 0 Å². The van der Waals surface area contributed by atoms with Gasteiger partial charge in [0.25, 0.3) is 0 Å². The fourth-order valence-electron chi connectivity index (χ4n) is 3.43. The SMILES string of the molecule is COc1ccc(C(OC(C)NCP(=O)(O)O)(c2ccccc2)c2ccccc2)cc1. The highest BCUT2D eigenvalue weighted by Crippen LogP contribution is 2.42. The minimum Gasteiger partial charge on any atom is -0.497 e. The van der Waals surface area contributed by atoms with Gasteiger partial charge in [-0.1, -0.05) is 72.8 Å². The van der Waals surface area contributed by atoms with Crippen molar-refractivity contribution in [3.63, 3.8) is 0 Å². The molecule has 3 aromatic carbocycles. The van der Waals surface area contributed by atoms with Gasteiger partial charge in [-0.3, -0.25) is 9.88 Å². The second-order valence-electron chi connectivity index (χ2n) is 6.93. The Kier molecular flexibility index (Phi) is 7.08. The second-order valence-corrected chi connectivity index (χ2v) is 8.57. The second kappa shape index (κ2) is 9.56. The molecule has 0 radical (unpaired) electrons. The Bertz CT molecular complexity index is 934. The normalized spacial score (nSPS) is 13.1. The number of rotatable bonds is 9. The highest BCUT2D eigenvalue weighted by atomic mass is 31.2. The van der Waals surface area contributed by atoms with Crippen LogP contribution in [0.2, 0.25) is 0 Å². The maximum absolute atomic E-state index is 11.3. The van der Waals surface area contributed by atoms with E-state index in [1.54, 1.807) is 14.0 Å². The minimum atomic E-state index is -4.22. The molecule has 30 heavy (non-hydrogen) atoms. The van der Waals surface area contributed by atoms with E-state index in [0.717, 1.165) is 22.4 Å². The van der Waals surface area contributed by atoms with Gasteiger partial charge in [-0.25, -0.2) is 0 Å². The molecular weight excluding hydrogens is 401 g/mol. The van der Waals surface area contributed by atoms with Gasteiger partial charge in [0.2, 0.25) is 0 Å². The Labute approximate surface area is 176 Å². The van der Waals surface area contributed by atoms with Crippen LogP contribution in [0.3, 0.4) is 0 Å². The van der Waals surface area contributed by atoms with Gasteiger partial charge in [0.1, 0.15) is 23.9 Å². The van der Waals surface area contributed by atoms with Crippen LogP contribution in [0.1, 0.15) is 23.6 Å². The van der Waals surface area contributed by atoms with E-state index in [2.05, 4.69) is 5.32 Å². The van der Waals surface area contributed by atoms with Crippen LogP contribution in [-0.2, 0) is 14.9 Å². The minimum absolute atomic E-state index is 0.476. The summed E-state index contributed by atoms with van der Waals surface area (Å²) >= 11 is 0. The number of ether oxygens (including phenoxy) is 2. The molecule has 7 heteroatoms. The van der Waals surface area contributed by atoms with Gasteiger partial charge >= 0.3 is 7.60 Å². The summed E-state index contributed by atoms with van der Waals surface area (Å²) in [5.41, 5.74) is 1.65. The lowest BCUT2D eigenvalue weighted by Gasteiger charge is -2.38. The van der Waals surface area contributed by atoms with Gasteiger partial charge in [0, 0.05) is 0 Å². The maximum Gasteiger partial charge on any atom is 0.339 e. The lowest BCUT2D eigenvalue weighted by molar-refractivity contribution is -0.0521. The molecule has 0 aliphatic carbocycles. The molecule has 3 N–H and O–H groups in total. The lowest BCUT2D eigenvalue weighted by atomic mass is 9.80. The molecule has 158 valence electrons. The summed E-state index contributed by atoms with van der Waals surface area (Å²) < 4.78 is 23.2. The maximum atomic E-state index is 11.3. The Balaban J connectivity index is 2.15. The molecule has 3 rings (SSSR count). The molecule has 1 atom stereocenters. The van der Waals surface area contributed by atoms with Crippen LogP contribution in [0.15, 0.2) is 84.9 Å². The molecule has 0 aliphatic rings. The first-order valence-electron chi connectivity index (χ1n) is 9.56. The van der Waals surface area contributed by atoms with E-state index in [1.165, 1.54) is 0 Å². The predicted molar refractivity (Wildman–Crippen MR) is 116 cm³/mol. The number of benzene rings is 3. The van der Waals surface area contributed by atoms with Crippen molar-refractivity contribution in [3.05, 3.63) is 102 Å². The van der Waals surface area contributed by atoms with Gasteiger partial charge in [-0.15, -0.1) is 0 Å². The van der Waals surface area contributed by atoms with Crippen molar-refractivity contribution < 1.29 is 23.8 Å². The molecule has 0 heterocycles. The Morgan fingerprint density at radius 3 is 1.77 bits per heavy atom. The monoisotopic (exact) mass is 427 g/mol. The molecule has 0 saturated carbocycles. The van der Waals surface area contributed by atoms with Crippen molar-refractivity contribution >= 4 is 7.60 Å². The predicted octanol–water partition coefficient (Wildman–Crippen LogP) is 4.07. The van der Waals surface area contributed by atoms with E-state index in [4.69, 9.17) is 9.47 Å². The van der Waals surface area contributed by atoms with E-state index < -0.39 is 25.7 Å². The standard InChI is InChI=1S/C23H26NO5P/c1-18(24-17-30(25,26)27)29-23(19-9-5-3-6-10-19,20-11-7-4-8-12-20)21-13-15-22(28-2)16-14-21/h3-16,18,24H,17H2,1-2H3,(H2,25,26,27). The fraction of sp³-hybridized carbons (Fsp3) is 0.217. The van der Waals surface area contributed by atoms with Crippen LogP contribution in [0, 0.1) is 0 Å². The van der Waals surface area contributed by atoms with E-state index in [1.807, 2.05) is 84.9 Å². The summed E-state index contributed by atoms with van der Waals surface area (Å²) in [5, 5.41) is 2.80. The summed E-state index contributed by atoms with van der Waals surface area (Å²) in [6, 6.07) is 27.1. The number of hydrogen-bond acceptors (Lipinski definition) is 4. The van der Waals surface area contributed by atoms with Crippen LogP contribution in [0.5, 0.6) is 5.75 Å². The number of hydrogen-bond donors (Lipinski definition) is 3. The van der Waals surface area contributed by atoms with Crippen molar-refractivity contribution in [1.29, 1.82) is 0 Å². The lowest BCUT2D eigenvalue weighted by Crippen LogP contribution is -2.41. The zero-order chi connectivity index (χ0) is 21.6. The molecule has 0 aliphatic heterocycles. The van der Waals surface area contributed by atoms with Gasteiger partial charge in [0.15, 0.2) is 0 Å². The fourth-order valence-corrected chi connectivity index (χ4v) is 3.92. The Hall–Kier alpha value is -2.47. The summed E-state index contributed by atoms with van der Waals surface area (Å²) in [6.45, 7) is 1.74. The van der Waals surface area contributed by atoms with Crippen LogP contribution in [-0.4, -0.2) is 29.4 Å². The van der Waals surface area contributed by atoms with Crippen molar-refractivity contribution in [2.24, 2.45) is 0 Å². The molecular formula is C23H26NO5P. The van der Waals surface area contributed by atoms with Gasteiger partial charge < -0.3 is 19.3 Å². The van der Waals surface area contributed by atoms with Crippen LogP contribution in [0.25, 0.3) is 0 Å². The van der Waals surface area contributed by atoms with Crippen molar-refractivity contribution in [2.75, 3.05) is 13.4 Å². The molecule has 1 unspecified atom stereocenters. The van der Waals surface area contributed by atoms with E-state index in [0.29, 0.717) is 0 Å². The van der Waals surface area contributed by atoms with Crippen molar-refractivity contribution in [3.8, 4) is 5.75 Å². The third kappa shape index (κ3) is 5.17. The average Bonchev–Trinajstić information content (AvgIpc) is 2.77. The third-order valence-corrected chi connectivity index (χ3v) is 5.39. The van der Waals surface area contributed by atoms with Crippen molar-refractivity contribution in [1.82, 2.24) is 5.32 Å². The first-order valence-corrected chi connectivity index (χ1v) is 11.4. The zero-order valence-corrected chi connectivity index (χ0v) is 17.8. The molecule has 0 bridgehead atoms. The van der Waals surface area contributed by atoms with Gasteiger partial charge in [0.05, 0.1) is 7.11 Å². The first kappa shape index (κ1) is 22.2. The van der Waals surface area contributed by atoms with Crippen LogP contribution < -0.4 is 10.1 Å².